The highest BCUT2D eigenvalue weighted by atomic mass is 16.2. The first kappa shape index (κ1) is 16.3. The number of aromatic nitrogens is 2. The molecule has 0 fully saturated rings. The maximum absolute atomic E-state index is 12.4. The average molecular weight is 333 g/mol. The first-order valence-electron chi connectivity index (χ1n) is 7.46. The molecular formula is C18H15N5O2. The molecule has 0 unspecified atom stereocenters. The van der Waals surface area contributed by atoms with Crippen molar-refractivity contribution in [2.24, 2.45) is 5.84 Å². The molecule has 1 aromatic carbocycles. The molecule has 2 heterocycles. The van der Waals surface area contributed by atoms with Gasteiger partial charge in [-0.05, 0) is 48.5 Å². The fraction of sp³-hybridized carbons (Fsp3) is 0. The van der Waals surface area contributed by atoms with Gasteiger partial charge in [0.25, 0.3) is 11.8 Å². The SMILES string of the molecule is NN(C(=O)c1ccc(C(=O)Nc2ccncc2)cc1)c1ccncc1. The predicted octanol–water partition coefficient (Wildman–Crippen LogP) is 2.25. The Morgan fingerprint density at radius 1 is 0.800 bits per heavy atom. The third-order valence-corrected chi connectivity index (χ3v) is 3.49. The number of carbonyl (C=O) groups is 2. The highest BCUT2D eigenvalue weighted by Crippen LogP contribution is 2.14. The molecule has 0 bridgehead atoms. The summed E-state index contributed by atoms with van der Waals surface area (Å²) in [5, 5.41) is 3.79. The van der Waals surface area contributed by atoms with E-state index in [1.54, 1.807) is 73.3 Å². The Morgan fingerprint density at radius 2 is 1.32 bits per heavy atom. The minimum absolute atomic E-state index is 0.274. The topological polar surface area (TPSA) is 101 Å². The third kappa shape index (κ3) is 3.85. The van der Waals surface area contributed by atoms with Crippen LogP contribution in [-0.2, 0) is 0 Å². The fourth-order valence-electron chi connectivity index (χ4n) is 2.16. The minimum atomic E-state index is -0.382. The smallest absolute Gasteiger partial charge is 0.272 e. The van der Waals surface area contributed by atoms with Crippen LogP contribution in [0.1, 0.15) is 20.7 Å². The highest BCUT2D eigenvalue weighted by Gasteiger charge is 2.15. The van der Waals surface area contributed by atoms with Crippen LogP contribution in [0.4, 0.5) is 11.4 Å². The Bertz CT molecular complexity index is 867. The highest BCUT2D eigenvalue weighted by molar-refractivity contribution is 6.07. The summed E-state index contributed by atoms with van der Waals surface area (Å²) in [7, 11) is 0. The second-order valence-corrected chi connectivity index (χ2v) is 5.15. The number of pyridine rings is 2. The summed E-state index contributed by atoms with van der Waals surface area (Å²) in [6, 6.07) is 12.9. The second kappa shape index (κ2) is 7.33. The largest absolute Gasteiger partial charge is 0.322 e. The number of rotatable bonds is 4. The molecule has 2 aromatic heterocycles. The van der Waals surface area contributed by atoms with Crippen LogP contribution in [0.2, 0.25) is 0 Å². The van der Waals surface area contributed by atoms with Gasteiger partial charge in [0.1, 0.15) is 0 Å². The number of nitrogens with zero attached hydrogens (tertiary/aromatic N) is 3. The van der Waals surface area contributed by atoms with E-state index in [4.69, 9.17) is 5.84 Å². The van der Waals surface area contributed by atoms with E-state index in [0.29, 0.717) is 22.5 Å². The molecule has 0 aliphatic heterocycles. The van der Waals surface area contributed by atoms with Crippen LogP contribution in [0.15, 0.2) is 73.3 Å². The molecule has 25 heavy (non-hydrogen) atoms. The van der Waals surface area contributed by atoms with E-state index < -0.39 is 0 Å². The molecule has 3 rings (SSSR count). The Hall–Kier alpha value is -3.58. The quantitative estimate of drug-likeness (QED) is 0.433. The zero-order valence-electron chi connectivity index (χ0n) is 13.2. The number of nitrogens with two attached hydrogens (primary N) is 1. The Morgan fingerprint density at radius 3 is 1.92 bits per heavy atom. The molecule has 7 heteroatoms. The van der Waals surface area contributed by atoms with Crippen LogP contribution in [0.5, 0.6) is 0 Å². The average Bonchev–Trinajstić information content (AvgIpc) is 2.68. The summed E-state index contributed by atoms with van der Waals surface area (Å²) in [5.74, 6) is 5.19. The van der Waals surface area contributed by atoms with Crippen LogP contribution in [-0.4, -0.2) is 21.8 Å². The van der Waals surface area contributed by atoms with E-state index in [9.17, 15) is 9.59 Å². The molecule has 0 saturated heterocycles. The molecule has 3 N–H and O–H groups in total. The molecule has 0 radical (unpaired) electrons. The van der Waals surface area contributed by atoms with Gasteiger partial charge >= 0.3 is 0 Å². The predicted molar refractivity (Wildman–Crippen MR) is 93.9 cm³/mol. The van der Waals surface area contributed by atoms with Crippen LogP contribution in [0.25, 0.3) is 0 Å². The first-order chi connectivity index (χ1) is 12.1. The second-order valence-electron chi connectivity index (χ2n) is 5.15. The molecule has 0 aliphatic rings. The zero-order valence-corrected chi connectivity index (χ0v) is 13.2. The Kier molecular flexibility index (Phi) is 4.77. The lowest BCUT2D eigenvalue weighted by atomic mass is 10.1. The molecule has 2 amide bonds. The monoisotopic (exact) mass is 333 g/mol. The summed E-state index contributed by atoms with van der Waals surface area (Å²) >= 11 is 0. The fourth-order valence-corrected chi connectivity index (χ4v) is 2.16. The Balaban J connectivity index is 1.71. The summed E-state index contributed by atoms with van der Waals surface area (Å²) in [6.07, 6.45) is 6.28. The third-order valence-electron chi connectivity index (χ3n) is 3.49. The van der Waals surface area contributed by atoms with E-state index in [1.165, 1.54) is 0 Å². The molecular weight excluding hydrogens is 318 g/mol. The number of hydrogen-bond donors (Lipinski definition) is 2. The normalized spacial score (nSPS) is 10.1. The van der Waals surface area contributed by atoms with Gasteiger partial charge in [-0.2, -0.15) is 0 Å². The van der Waals surface area contributed by atoms with Crippen molar-refractivity contribution in [2.75, 3.05) is 10.3 Å². The summed E-state index contributed by atoms with van der Waals surface area (Å²) in [5.41, 5.74) is 1.98. The summed E-state index contributed by atoms with van der Waals surface area (Å²) in [6.45, 7) is 0. The molecule has 0 aliphatic carbocycles. The first-order valence-corrected chi connectivity index (χ1v) is 7.46. The van der Waals surface area contributed by atoms with Gasteiger partial charge in [0.15, 0.2) is 0 Å². The number of hydrogen-bond acceptors (Lipinski definition) is 5. The van der Waals surface area contributed by atoms with Gasteiger partial charge in [0.2, 0.25) is 0 Å². The Labute approximate surface area is 144 Å². The van der Waals surface area contributed by atoms with E-state index in [-0.39, 0.29) is 11.8 Å². The van der Waals surface area contributed by atoms with Crippen LogP contribution < -0.4 is 16.2 Å². The lowest BCUT2D eigenvalue weighted by Gasteiger charge is -2.16. The molecule has 0 atom stereocenters. The lowest BCUT2D eigenvalue weighted by molar-refractivity contribution is 0.0983. The van der Waals surface area contributed by atoms with Gasteiger partial charge in [-0.15, -0.1) is 0 Å². The molecule has 3 aromatic rings. The van der Waals surface area contributed by atoms with Gasteiger partial charge in [-0.1, -0.05) is 0 Å². The summed E-state index contributed by atoms with van der Waals surface area (Å²) in [4.78, 5) is 32.4. The van der Waals surface area contributed by atoms with Crippen LogP contribution >= 0.6 is 0 Å². The number of amides is 2. The minimum Gasteiger partial charge on any atom is -0.322 e. The van der Waals surface area contributed by atoms with Crippen molar-refractivity contribution in [2.45, 2.75) is 0 Å². The van der Waals surface area contributed by atoms with Gasteiger partial charge in [0.05, 0.1) is 5.69 Å². The van der Waals surface area contributed by atoms with E-state index >= 15 is 0 Å². The maximum atomic E-state index is 12.4. The van der Waals surface area contributed by atoms with Crippen molar-refractivity contribution in [3.05, 3.63) is 84.4 Å². The van der Waals surface area contributed by atoms with E-state index in [1.807, 2.05) is 0 Å². The number of nitrogens with one attached hydrogen (secondary N) is 1. The van der Waals surface area contributed by atoms with Crippen molar-refractivity contribution in [3.63, 3.8) is 0 Å². The summed E-state index contributed by atoms with van der Waals surface area (Å²) < 4.78 is 0. The van der Waals surface area contributed by atoms with Crippen molar-refractivity contribution in [3.8, 4) is 0 Å². The van der Waals surface area contributed by atoms with E-state index in [0.717, 1.165) is 5.01 Å². The van der Waals surface area contributed by atoms with Crippen LogP contribution in [0, 0.1) is 0 Å². The van der Waals surface area contributed by atoms with Crippen molar-refractivity contribution < 1.29 is 9.59 Å². The van der Waals surface area contributed by atoms with Crippen molar-refractivity contribution in [1.82, 2.24) is 9.97 Å². The molecule has 0 saturated carbocycles. The lowest BCUT2D eigenvalue weighted by Crippen LogP contribution is -2.37. The van der Waals surface area contributed by atoms with E-state index in [2.05, 4.69) is 15.3 Å². The molecule has 7 nitrogen and oxygen atoms in total. The zero-order chi connectivity index (χ0) is 17.6. The van der Waals surface area contributed by atoms with Gasteiger partial charge in [-0.25, -0.2) is 10.9 Å². The van der Waals surface area contributed by atoms with Crippen molar-refractivity contribution >= 4 is 23.2 Å². The number of carbonyl (C=O) groups excluding carboxylic acids is 2. The van der Waals surface area contributed by atoms with Gasteiger partial charge < -0.3 is 5.32 Å². The van der Waals surface area contributed by atoms with Crippen LogP contribution in [0.3, 0.4) is 0 Å². The molecule has 0 spiro atoms. The molecule has 124 valence electrons. The number of benzene rings is 1. The standard InChI is InChI=1S/C18H15N5O2/c19-23(16-7-11-21-12-8-16)18(25)14-3-1-13(2-4-14)17(24)22-15-5-9-20-10-6-15/h1-12H,19H2,(H,20,22,24). The maximum Gasteiger partial charge on any atom is 0.272 e. The van der Waals surface area contributed by atoms with Gasteiger partial charge in [-0.3, -0.25) is 19.6 Å². The number of hydrazine groups is 1. The number of anilines is 2. The van der Waals surface area contributed by atoms with Gasteiger partial charge in [0, 0.05) is 41.6 Å². The van der Waals surface area contributed by atoms with Crippen molar-refractivity contribution in [1.29, 1.82) is 0 Å².